The van der Waals surface area contributed by atoms with Crippen LogP contribution in [0.4, 0.5) is 5.69 Å². The summed E-state index contributed by atoms with van der Waals surface area (Å²) in [5, 5.41) is 1.05. The van der Waals surface area contributed by atoms with E-state index in [0.29, 0.717) is 27.0 Å². The molecule has 1 aromatic heterocycles. The Morgan fingerprint density at radius 2 is 2.05 bits per heavy atom. The Balaban J connectivity index is 2.14. The van der Waals surface area contributed by atoms with Crippen LogP contribution in [0, 0.1) is 0 Å². The molecule has 0 aliphatic carbocycles. The first kappa shape index (κ1) is 15.7. The highest BCUT2D eigenvalue weighted by Gasteiger charge is 2.16. The first-order valence-corrected chi connectivity index (χ1v) is 7.22. The molecule has 2 rings (SSSR count). The molecule has 4 nitrogen and oxygen atoms in total. The second-order valence-corrected chi connectivity index (χ2v) is 5.82. The van der Waals surface area contributed by atoms with Gasteiger partial charge in [-0.2, -0.15) is 0 Å². The number of anilines is 1. The molecule has 0 spiro atoms. The summed E-state index contributed by atoms with van der Waals surface area (Å²) >= 11 is 11.9. The van der Waals surface area contributed by atoms with Gasteiger partial charge in [-0.05, 0) is 38.1 Å². The predicted octanol–water partition coefficient (Wildman–Crippen LogP) is 4.32. The van der Waals surface area contributed by atoms with Gasteiger partial charge in [-0.15, -0.1) is 0 Å². The highest BCUT2D eigenvalue weighted by atomic mass is 35.5. The van der Waals surface area contributed by atoms with E-state index in [9.17, 15) is 4.79 Å². The van der Waals surface area contributed by atoms with Crippen LogP contribution in [-0.2, 0) is 11.3 Å². The fourth-order valence-electron chi connectivity index (χ4n) is 1.96. The van der Waals surface area contributed by atoms with E-state index in [0.717, 1.165) is 0 Å². The van der Waals surface area contributed by atoms with Gasteiger partial charge in [0.15, 0.2) is 0 Å². The highest BCUT2D eigenvalue weighted by molar-refractivity contribution is 6.33. The maximum atomic E-state index is 12.2. The number of nitrogen functional groups attached to an aromatic ring is 1. The lowest BCUT2D eigenvalue weighted by Gasteiger charge is -2.12. The average molecular weight is 327 g/mol. The number of esters is 1. The molecule has 6 heteroatoms. The van der Waals surface area contributed by atoms with E-state index < -0.39 is 5.97 Å². The number of rotatable bonds is 4. The molecular weight excluding hydrogens is 311 g/mol. The summed E-state index contributed by atoms with van der Waals surface area (Å²) in [7, 11) is 0. The smallest absolute Gasteiger partial charge is 0.355 e. The Morgan fingerprint density at radius 1 is 1.33 bits per heavy atom. The minimum atomic E-state index is -0.448. The fourth-order valence-corrected chi connectivity index (χ4v) is 2.33. The Morgan fingerprint density at radius 3 is 2.71 bits per heavy atom. The van der Waals surface area contributed by atoms with Crippen molar-refractivity contribution >= 4 is 34.9 Å². The summed E-state index contributed by atoms with van der Waals surface area (Å²) in [6, 6.07) is 6.73. The van der Waals surface area contributed by atoms with Gasteiger partial charge in [0.25, 0.3) is 0 Å². The summed E-state index contributed by atoms with van der Waals surface area (Å²) < 4.78 is 7.07. The first-order valence-electron chi connectivity index (χ1n) is 6.47. The van der Waals surface area contributed by atoms with Gasteiger partial charge in [-0.3, -0.25) is 0 Å². The number of benzene rings is 1. The van der Waals surface area contributed by atoms with Gasteiger partial charge in [-0.25, -0.2) is 4.79 Å². The number of halogens is 2. The Kier molecular flexibility index (Phi) is 4.80. The van der Waals surface area contributed by atoms with Gasteiger partial charge < -0.3 is 15.0 Å². The lowest BCUT2D eigenvalue weighted by atomic mass is 10.2. The molecule has 112 valence electrons. The van der Waals surface area contributed by atoms with Gasteiger partial charge in [0.2, 0.25) is 0 Å². The number of nitrogens with two attached hydrogens (primary N) is 1. The number of nitrogens with zero attached hydrogens (tertiary/aromatic N) is 1. The zero-order chi connectivity index (χ0) is 15.6. The third-order valence-electron chi connectivity index (χ3n) is 3.00. The van der Waals surface area contributed by atoms with Crippen molar-refractivity contribution < 1.29 is 9.53 Å². The van der Waals surface area contributed by atoms with Crippen molar-refractivity contribution in [3.63, 3.8) is 0 Å². The fraction of sp³-hybridized carbons (Fsp3) is 0.267. The molecule has 1 aromatic carbocycles. The van der Waals surface area contributed by atoms with Crippen molar-refractivity contribution in [2.45, 2.75) is 26.5 Å². The van der Waals surface area contributed by atoms with Crippen molar-refractivity contribution in [2.24, 2.45) is 0 Å². The standard InChI is InChI=1S/C15H16Cl2N2O2/c1-9(2)19-7-12(18)6-14(19)15(20)21-8-10-5-11(16)3-4-13(10)17/h3-7,9H,8,18H2,1-2H3. The molecule has 0 atom stereocenters. The number of carbonyl (C=O) groups excluding carboxylic acids is 1. The van der Waals surface area contributed by atoms with Gasteiger partial charge in [0, 0.05) is 27.8 Å². The van der Waals surface area contributed by atoms with Crippen molar-refractivity contribution in [3.8, 4) is 0 Å². The summed E-state index contributed by atoms with van der Waals surface area (Å²) in [6.07, 6.45) is 1.72. The van der Waals surface area contributed by atoms with Crippen LogP contribution in [0.15, 0.2) is 30.5 Å². The third-order valence-corrected chi connectivity index (χ3v) is 3.61. The average Bonchev–Trinajstić information content (AvgIpc) is 2.82. The van der Waals surface area contributed by atoms with Crippen LogP contribution in [0.1, 0.15) is 35.9 Å². The zero-order valence-corrected chi connectivity index (χ0v) is 13.3. The maximum absolute atomic E-state index is 12.2. The molecule has 2 N–H and O–H groups in total. The van der Waals surface area contributed by atoms with E-state index in [1.807, 2.05) is 13.8 Å². The zero-order valence-electron chi connectivity index (χ0n) is 11.8. The molecule has 0 bridgehead atoms. The minimum absolute atomic E-state index is 0.0570. The predicted molar refractivity (Wildman–Crippen MR) is 84.8 cm³/mol. The summed E-state index contributed by atoms with van der Waals surface area (Å²) in [4.78, 5) is 12.2. The monoisotopic (exact) mass is 326 g/mol. The van der Waals surface area contributed by atoms with E-state index in [1.54, 1.807) is 35.0 Å². The van der Waals surface area contributed by atoms with E-state index in [2.05, 4.69) is 0 Å². The second kappa shape index (κ2) is 6.41. The molecule has 21 heavy (non-hydrogen) atoms. The van der Waals surface area contributed by atoms with Gasteiger partial charge in [0.1, 0.15) is 12.3 Å². The number of ether oxygens (including phenoxy) is 1. The largest absolute Gasteiger partial charge is 0.456 e. The lowest BCUT2D eigenvalue weighted by Crippen LogP contribution is -2.13. The third kappa shape index (κ3) is 3.71. The number of hydrogen-bond donors (Lipinski definition) is 1. The van der Waals surface area contributed by atoms with E-state index in [-0.39, 0.29) is 12.6 Å². The molecule has 2 aromatic rings. The van der Waals surface area contributed by atoms with Crippen molar-refractivity contribution in [1.82, 2.24) is 4.57 Å². The van der Waals surface area contributed by atoms with Gasteiger partial charge >= 0.3 is 5.97 Å². The van der Waals surface area contributed by atoms with Crippen molar-refractivity contribution in [3.05, 3.63) is 51.8 Å². The van der Waals surface area contributed by atoms with E-state index in [4.69, 9.17) is 33.7 Å². The Bertz CT molecular complexity index is 666. The number of aromatic nitrogens is 1. The molecule has 0 saturated carbocycles. The quantitative estimate of drug-likeness (QED) is 0.851. The van der Waals surface area contributed by atoms with Crippen LogP contribution in [-0.4, -0.2) is 10.5 Å². The SMILES string of the molecule is CC(C)n1cc(N)cc1C(=O)OCc1cc(Cl)ccc1Cl. The van der Waals surface area contributed by atoms with Gasteiger partial charge in [-0.1, -0.05) is 23.2 Å². The summed E-state index contributed by atoms with van der Waals surface area (Å²) in [5.41, 5.74) is 7.34. The van der Waals surface area contributed by atoms with Crippen LogP contribution in [0.25, 0.3) is 0 Å². The Labute approximate surface area is 133 Å². The van der Waals surface area contributed by atoms with Gasteiger partial charge in [0.05, 0.1) is 5.69 Å². The molecule has 0 amide bonds. The first-order chi connectivity index (χ1) is 9.88. The molecule has 1 heterocycles. The molecular formula is C15H16Cl2N2O2. The molecule has 0 aliphatic heterocycles. The second-order valence-electron chi connectivity index (χ2n) is 4.97. The maximum Gasteiger partial charge on any atom is 0.355 e. The highest BCUT2D eigenvalue weighted by Crippen LogP contribution is 2.22. The van der Waals surface area contributed by atoms with Crippen molar-refractivity contribution in [2.75, 3.05) is 5.73 Å². The normalized spacial score (nSPS) is 10.9. The molecule has 0 radical (unpaired) electrons. The van der Waals surface area contributed by atoms with Crippen LogP contribution >= 0.6 is 23.2 Å². The number of hydrogen-bond acceptors (Lipinski definition) is 3. The molecule has 0 unspecified atom stereocenters. The van der Waals surface area contributed by atoms with Crippen LogP contribution < -0.4 is 5.73 Å². The van der Waals surface area contributed by atoms with Crippen LogP contribution in [0.3, 0.4) is 0 Å². The molecule has 0 saturated heterocycles. The summed E-state index contributed by atoms with van der Waals surface area (Å²) in [6.45, 7) is 3.98. The topological polar surface area (TPSA) is 57.2 Å². The number of carbonyl (C=O) groups is 1. The molecule has 0 aliphatic rings. The van der Waals surface area contributed by atoms with Crippen LogP contribution in [0.2, 0.25) is 10.0 Å². The van der Waals surface area contributed by atoms with E-state index in [1.165, 1.54) is 0 Å². The minimum Gasteiger partial charge on any atom is -0.456 e. The van der Waals surface area contributed by atoms with Crippen molar-refractivity contribution in [1.29, 1.82) is 0 Å². The summed E-state index contributed by atoms with van der Waals surface area (Å²) in [5.74, 6) is -0.448. The lowest BCUT2D eigenvalue weighted by molar-refractivity contribution is 0.0458. The van der Waals surface area contributed by atoms with Crippen LogP contribution in [0.5, 0.6) is 0 Å². The van der Waals surface area contributed by atoms with E-state index >= 15 is 0 Å². The Hall–Kier alpha value is -1.65. The molecule has 0 fully saturated rings.